The smallest absolute Gasteiger partial charge is 0.272 e. The summed E-state index contributed by atoms with van der Waals surface area (Å²) < 4.78 is 0. The highest BCUT2D eigenvalue weighted by atomic mass is 16.6. The van der Waals surface area contributed by atoms with Gasteiger partial charge in [0.05, 0.1) is 16.2 Å². The number of nitrogens with zero attached hydrogens (tertiary/aromatic N) is 2. The van der Waals surface area contributed by atoms with Gasteiger partial charge in [0.15, 0.2) is 0 Å². The number of nitrogens with one attached hydrogen (secondary N) is 2. The lowest BCUT2D eigenvalue weighted by Gasteiger charge is -2.21. The summed E-state index contributed by atoms with van der Waals surface area (Å²) in [6.07, 6.45) is 2.87. The van der Waals surface area contributed by atoms with Crippen molar-refractivity contribution in [2.75, 3.05) is 18.0 Å². The van der Waals surface area contributed by atoms with E-state index < -0.39 is 16.7 Å². The van der Waals surface area contributed by atoms with E-state index in [0.29, 0.717) is 11.3 Å². The Kier molecular flexibility index (Phi) is 5.88. The van der Waals surface area contributed by atoms with Crippen LogP contribution < -0.4 is 15.8 Å². The summed E-state index contributed by atoms with van der Waals surface area (Å²) in [7, 11) is 0. The van der Waals surface area contributed by atoms with E-state index in [0.717, 1.165) is 37.9 Å². The Bertz CT molecular complexity index is 890. The fourth-order valence-corrected chi connectivity index (χ4v) is 3.20. The molecule has 0 unspecified atom stereocenters. The molecule has 1 heterocycles. The van der Waals surface area contributed by atoms with Crippen molar-refractivity contribution < 1.29 is 14.5 Å². The summed E-state index contributed by atoms with van der Waals surface area (Å²) in [4.78, 5) is 37.5. The van der Waals surface area contributed by atoms with Crippen molar-refractivity contribution in [3.05, 3.63) is 69.3 Å². The van der Waals surface area contributed by atoms with Crippen LogP contribution in [0.15, 0.2) is 42.5 Å². The number of rotatable bonds is 5. The summed E-state index contributed by atoms with van der Waals surface area (Å²) in [6, 6.07) is 11.3. The number of aryl methyl sites for hydroxylation is 1. The lowest BCUT2D eigenvalue weighted by atomic mass is 10.1. The fraction of sp³-hybridized carbons (Fsp3) is 0.300. The highest BCUT2D eigenvalue weighted by Crippen LogP contribution is 2.28. The lowest BCUT2D eigenvalue weighted by Crippen LogP contribution is -2.42. The lowest BCUT2D eigenvalue weighted by molar-refractivity contribution is -0.384. The average molecular weight is 382 g/mol. The van der Waals surface area contributed by atoms with Gasteiger partial charge in [0.2, 0.25) is 0 Å². The van der Waals surface area contributed by atoms with Gasteiger partial charge in [-0.15, -0.1) is 0 Å². The van der Waals surface area contributed by atoms with E-state index in [1.807, 2.05) is 24.0 Å². The predicted octanol–water partition coefficient (Wildman–Crippen LogP) is 2.83. The maximum Gasteiger partial charge on any atom is 0.272 e. The Morgan fingerprint density at radius 3 is 2.29 bits per heavy atom. The van der Waals surface area contributed by atoms with Crippen LogP contribution in [-0.4, -0.2) is 29.8 Å². The molecule has 1 aliphatic rings. The SMILES string of the molecule is CCc1ccc(C(=O)NNC(=O)c2cc([N+](=O)[O-])ccc2N2CCCC2)cc1. The van der Waals surface area contributed by atoms with Gasteiger partial charge in [0.25, 0.3) is 17.5 Å². The number of hydrogen-bond donors (Lipinski definition) is 2. The molecule has 0 aromatic heterocycles. The topological polar surface area (TPSA) is 105 Å². The molecular formula is C20H22N4O4. The molecule has 2 aromatic rings. The van der Waals surface area contributed by atoms with Gasteiger partial charge in [-0.2, -0.15) is 0 Å². The highest BCUT2D eigenvalue weighted by molar-refractivity contribution is 6.02. The number of amides is 2. The zero-order valence-corrected chi connectivity index (χ0v) is 15.6. The normalized spacial score (nSPS) is 13.2. The second kappa shape index (κ2) is 8.51. The number of hydrazine groups is 1. The molecule has 1 saturated heterocycles. The second-order valence-electron chi connectivity index (χ2n) is 6.61. The summed E-state index contributed by atoms with van der Waals surface area (Å²) in [5, 5.41) is 11.1. The van der Waals surface area contributed by atoms with Gasteiger partial charge in [0, 0.05) is 30.8 Å². The van der Waals surface area contributed by atoms with Gasteiger partial charge in [-0.05, 0) is 43.0 Å². The van der Waals surface area contributed by atoms with Gasteiger partial charge in [-0.3, -0.25) is 30.6 Å². The molecule has 0 radical (unpaired) electrons. The van der Waals surface area contributed by atoms with Gasteiger partial charge >= 0.3 is 0 Å². The largest absolute Gasteiger partial charge is 0.371 e. The molecule has 8 nitrogen and oxygen atoms in total. The molecule has 28 heavy (non-hydrogen) atoms. The maximum atomic E-state index is 12.7. The van der Waals surface area contributed by atoms with Gasteiger partial charge in [-0.25, -0.2) is 0 Å². The first kappa shape index (κ1) is 19.3. The van der Waals surface area contributed by atoms with Crippen LogP contribution in [0, 0.1) is 10.1 Å². The average Bonchev–Trinajstić information content (AvgIpc) is 3.26. The van der Waals surface area contributed by atoms with Gasteiger partial charge in [-0.1, -0.05) is 19.1 Å². The van der Waals surface area contributed by atoms with Crippen LogP contribution in [0.4, 0.5) is 11.4 Å². The molecular weight excluding hydrogens is 360 g/mol. The van der Waals surface area contributed by atoms with Crippen molar-refractivity contribution >= 4 is 23.2 Å². The number of nitro benzene ring substituents is 1. The van der Waals surface area contributed by atoms with Gasteiger partial charge < -0.3 is 4.90 Å². The third kappa shape index (κ3) is 4.28. The van der Waals surface area contributed by atoms with E-state index in [1.165, 1.54) is 12.1 Å². The molecule has 2 aromatic carbocycles. The highest BCUT2D eigenvalue weighted by Gasteiger charge is 2.23. The van der Waals surface area contributed by atoms with Crippen LogP contribution >= 0.6 is 0 Å². The zero-order valence-electron chi connectivity index (χ0n) is 15.6. The number of carbonyl (C=O) groups excluding carboxylic acids is 2. The zero-order chi connectivity index (χ0) is 20.1. The predicted molar refractivity (Wildman–Crippen MR) is 105 cm³/mol. The van der Waals surface area contributed by atoms with E-state index >= 15 is 0 Å². The van der Waals surface area contributed by atoms with Crippen LogP contribution in [0.25, 0.3) is 0 Å². The van der Waals surface area contributed by atoms with E-state index in [-0.39, 0.29) is 11.3 Å². The summed E-state index contributed by atoms with van der Waals surface area (Å²) >= 11 is 0. The Morgan fingerprint density at radius 1 is 1.04 bits per heavy atom. The van der Waals surface area contributed by atoms with Crippen LogP contribution in [0.2, 0.25) is 0 Å². The third-order valence-electron chi connectivity index (χ3n) is 4.80. The van der Waals surface area contributed by atoms with Crippen LogP contribution in [-0.2, 0) is 6.42 Å². The molecule has 1 fully saturated rings. The van der Waals surface area contributed by atoms with Crippen molar-refractivity contribution in [2.24, 2.45) is 0 Å². The summed E-state index contributed by atoms with van der Waals surface area (Å²) in [5.41, 5.74) is 6.88. The van der Waals surface area contributed by atoms with Crippen molar-refractivity contribution in [3.63, 3.8) is 0 Å². The van der Waals surface area contributed by atoms with Crippen LogP contribution in [0.1, 0.15) is 46.0 Å². The van der Waals surface area contributed by atoms with Crippen molar-refractivity contribution in [3.8, 4) is 0 Å². The van der Waals surface area contributed by atoms with Crippen LogP contribution in [0.3, 0.4) is 0 Å². The Balaban J connectivity index is 1.75. The van der Waals surface area contributed by atoms with E-state index in [9.17, 15) is 19.7 Å². The quantitative estimate of drug-likeness (QED) is 0.611. The van der Waals surface area contributed by atoms with Gasteiger partial charge in [0.1, 0.15) is 0 Å². The monoisotopic (exact) mass is 382 g/mol. The second-order valence-corrected chi connectivity index (χ2v) is 6.61. The molecule has 146 valence electrons. The van der Waals surface area contributed by atoms with Crippen molar-refractivity contribution in [1.82, 2.24) is 10.9 Å². The first-order valence-corrected chi connectivity index (χ1v) is 9.22. The summed E-state index contributed by atoms with van der Waals surface area (Å²) in [5.74, 6) is -1.05. The Labute approximate surface area is 162 Å². The molecule has 8 heteroatoms. The number of carbonyl (C=O) groups is 2. The number of hydrogen-bond acceptors (Lipinski definition) is 5. The minimum absolute atomic E-state index is 0.165. The van der Waals surface area contributed by atoms with E-state index in [4.69, 9.17) is 0 Å². The van der Waals surface area contributed by atoms with E-state index in [2.05, 4.69) is 10.9 Å². The molecule has 0 atom stereocenters. The van der Waals surface area contributed by atoms with Crippen LogP contribution in [0.5, 0.6) is 0 Å². The first-order chi connectivity index (χ1) is 13.5. The number of benzene rings is 2. The molecule has 2 amide bonds. The molecule has 0 bridgehead atoms. The Morgan fingerprint density at radius 2 is 1.68 bits per heavy atom. The standard InChI is InChI=1S/C20H22N4O4/c1-2-14-5-7-15(8-6-14)19(25)21-22-20(26)17-13-16(24(27)28)9-10-18(17)23-11-3-4-12-23/h5-10,13H,2-4,11-12H2,1H3,(H,21,25)(H,22,26). The number of non-ortho nitro benzene ring substituents is 1. The Hall–Kier alpha value is -3.42. The minimum Gasteiger partial charge on any atom is -0.371 e. The molecule has 2 N–H and O–H groups in total. The number of nitro groups is 1. The molecule has 0 spiro atoms. The minimum atomic E-state index is -0.593. The fourth-order valence-electron chi connectivity index (χ4n) is 3.20. The summed E-state index contributed by atoms with van der Waals surface area (Å²) in [6.45, 7) is 3.59. The molecule has 0 aliphatic carbocycles. The van der Waals surface area contributed by atoms with Crippen molar-refractivity contribution in [1.29, 1.82) is 0 Å². The maximum absolute atomic E-state index is 12.7. The van der Waals surface area contributed by atoms with Crippen molar-refractivity contribution in [2.45, 2.75) is 26.2 Å². The first-order valence-electron chi connectivity index (χ1n) is 9.22. The number of anilines is 1. The van der Waals surface area contributed by atoms with E-state index in [1.54, 1.807) is 18.2 Å². The third-order valence-corrected chi connectivity index (χ3v) is 4.80. The molecule has 1 aliphatic heterocycles. The molecule has 0 saturated carbocycles. The molecule has 3 rings (SSSR count).